The van der Waals surface area contributed by atoms with Gasteiger partial charge in [-0.05, 0) is 50.6 Å². The van der Waals surface area contributed by atoms with Gasteiger partial charge < -0.3 is 9.73 Å². The van der Waals surface area contributed by atoms with Crippen LogP contribution >= 0.6 is 15.9 Å². The first-order chi connectivity index (χ1) is 9.70. The van der Waals surface area contributed by atoms with Crippen LogP contribution in [0.3, 0.4) is 0 Å². The van der Waals surface area contributed by atoms with Gasteiger partial charge in [-0.2, -0.15) is 0 Å². The molecule has 4 heteroatoms. The van der Waals surface area contributed by atoms with E-state index in [0.717, 1.165) is 47.6 Å². The van der Waals surface area contributed by atoms with Gasteiger partial charge in [0.15, 0.2) is 11.7 Å². The Morgan fingerprint density at radius 3 is 2.95 bits per heavy atom. The van der Waals surface area contributed by atoms with Gasteiger partial charge in [0.05, 0.1) is 6.20 Å². The highest BCUT2D eigenvalue weighted by Crippen LogP contribution is 2.27. The molecule has 0 fully saturated rings. The molecule has 0 aliphatic heterocycles. The lowest BCUT2D eigenvalue weighted by Gasteiger charge is -2.03. The highest BCUT2D eigenvalue weighted by molar-refractivity contribution is 9.10. The molecule has 1 N–H and O–H groups in total. The van der Waals surface area contributed by atoms with E-state index in [2.05, 4.69) is 52.2 Å². The van der Waals surface area contributed by atoms with E-state index in [1.807, 2.05) is 12.3 Å². The number of rotatable bonds is 7. The van der Waals surface area contributed by atoms with E-state index in [1.54, 1.807) is 0 Å². The van der Waals surface area contributed by atoms with Crippen molar-refractivity contribution in [1.82, 2.24) is 10.3 Å². The number of hydrogen-bond donors (Lipinski definition) is 1. The van der Waals surface area contributed by atoms with Crippen molar-refractivity contribution < 1.29 is 4.42 Å². The zero-order valence-electron chi connectivity index (χ0n) is 12.1. The lowest BCUT2D eigenvalue weighted by Crippen LogP contribution is -2.16. The van der Waals surface area contributed by atoms with Crippen LogP contribution in [-0.4, -0.2) is 18.1 Å². The third kappa shape index (κ3) is 4.18. The molecule has 0 spiro atoms. The zero-order valence-corrected chi connectivity index (χ0v) is 13.7. The Balaban J connectivity index is 1.96. The summed E-state index contributed by atoms with van der Waals surface area (Å²) >= 11 is 3.50. The maximum atomic E-state index is 5.85. The Morgan fingerprint density at radius 1 is 1.30 bits per heavy atom. The fourth-order valence-electron chi connectivity index (χ4n) is 2.08. The maximum Gasteiger partial charge on any atom is 0.194 e. The number of nitrogens with zero attached hydrogens (tertiary/aromatic N) is 1. The molecule has 0 unspecified atom stereocenters. The summed E-state index contributed by atoms with van der Waals surface area (Å²) in [5, 5.41) is 3.38. The molecule has 108 valence electrons. The summed E-state index contributed by atoms with van der Waals surface area (Å²) in [6, 6.07) is 6.19. The monoisotopic (exact) mass is 336 g/mol. The first-order valence-electron chi connectivity index (χ1n) is 7.12. The van der Waals surface area contributed by atoms with Gasteiger partial charge in [-0.15, -0.1) is 0 Å². The summed E-state index contributed by atoms with van der Waals surface area (Å²) in [5.41, 5.74) is 2.29. The summed E-state index contributed by atoms with van der Waals surface area (Å²) in [7, 11) is 0. The number of nitrogens with one attached hydrogen (secondary N) is 1. The van der Waals surface area contributed by atoms with Gasteiger partial charge in [-0.3, -0.25) is 0 Å². The smallest absolute Gasteiger partial charge is 0.194 e. The zero-order chi connectivity index (χ0) is 14.4. The molecule has 0 radical (unpaired) electrons. The lowest BCUT2D eigenvalue weighted by atomic mass is 10.1. The summed E-state index contributed by atoms with van der Waals surface area (Å²) in [5.74, 6) is 1.66. The van der Waals surface area contributed by atoms with Crippen LogP contribution in [0.5, 0.6) is 0 Å². The number of aryl methyl sites for hydroxylation is 2. The minimum absolute atomic E-state index is 0.817. The lowest BCUT2D eigenvalue weighted by molar-refractivity contribution is 0.491. The number of hydrogen-bond acceptors (Lipinski definition) is 3. The van der Waals surface area contributed by atoms with Crippen LogP contribution in [0.4, 0.5) is 0 Å². The molecule has 0 bridgehead atoms. The van der Waals surface area contributed by atoms with Crippen molar-refractivity contribution in [3.8, 4) is 11.3 Å². The van der Waals surface area contributed by atoms with Gasteiger partial charge in [0, 0.05) is 16.5 Å². The third-order valence-electron chi connectivity index (χ3n) is 3.19. The number of oxazole rings is 1. The molecule has 3 nitrogen and oxygen atoms in total. The second kappa shape index (κ2) is 7.60. The van der Waals surface area contributed by atoms with Crippen molar-refractivity contribution >= 4 is 15.9 Å². The fourth-order valence-corrected chi connectivity index (χ4v) is 2.44. The fraction of sp³-hybridized carbons (Fsp3) is 0.438. The predicted molar refractivity (Wildman–Crippen MR) is 85.9 cm³/mol. The van der Waals surface area contributed by atoms with Gasteiger partial charge in [-0.25, -0.2) is 4.98 Å². The topological polar surface area (TPSA) is 38.1 Å². The number of halogens is 1. The molecule has 20 heavy (non-hydrogen) atoms. The maximum absolute atomic E-state index is 5.85. The van der Waals surface area contributed by atoms with Gasteiger partial charge in [-0.1, -0.05) is 28.9 Å². The van der Waals surface area contributed by atoms with Crippen LogP contribution in [0.15, 0.2) is 33.3 Å². The molecule has 2 rings (SSSR count). The SMILES string of the molecule is CCCNCCCc1ncc(-c2cc(Br)ccc2C)o1. The Labute approximate surface area is 128 Å². The first kappa shape index (κ1) is 15.3. The molecule has 0 amide bonds. The quantitative estimate of drug-likeness (QED) is 0.764. The number of aromatic nitrogens is 1. The van der Waals surface area contributed by atoms with Crippen molar-refractivity contribution in [1.29, 1.82) is 0 Å². The molecule has 1 aromatic carbocycles. The van der Waals surface area contributed by atoms with E-state index in [-0.39, 0.29) is 0 Å². The molecule has 2 aromatic rings. The van der Waals surface area contributed by atoms with E-state index in [4.69, 9.17) is 4.42 Å². The van der Waals surface area contributed by atoms with Crippen LogP contribution in [0, 0.1) is 6.92 Å². The summed E-state index contributed by atoms with van der Waals surface area (Å²) < 4.78 is 6.91. The molecule has 0 saturated carbocycles. The van der Waals surface area contributed by atoms with Crippen molar-refractivity contribution in [2.75, 3.05) is 13.1 Å². The molecule has 0 aliphatic rings. The highest BCUT2D eigenvalue weighted by atomic mass is 79.9. The summed E-state index contributed by atoms with van der Waals surface area (Å²) in [6.45, 7) is 6.35. The molecule has 1 heterocycles. The van der Waals surface area contributed by atoms with Gasteiger partial charge in [0.2, 0.25) is 0 Å². The summed E-state index contributed by atoms with van der Waals surface area (Å²) in [6.07, 6.45) is 4.93. The number of benzene rings is 1. The van der Waals surface area contributed by atoms with Gasteiger partial charge in [0.25, 0.3) is 0 Å². The first-order valence-corrected chi connectivity index (χ1v) is 7.92. The normalized spacial score (nSPS) is 10.9. The average Bonchev–Trinajstić information content (AvgIpc) is 2.90. The molecular formula is C16H21BrN2O. The van der Waals surface area contributed by atoms with Crippen molar-refractivity contribution in [3.05, 3.63) is 40.3 Å². The Morgan fingerprint density at radius 2 is 2.15 bits per heavy atom. The van der Waals surface area contributed by atoms with Crippen LogP contribution in [0.1, 0.15) is 31.2 Å². The second-order valence-electron chi connectivity index (χ2n) is 4.93. The standard InChI is InChI=1S/C16H21BrN2O/c1-3-8-18-9-4-5-16-19-11-15(20-16)14-10-13(17)7-6-12(14)2/h6-7,10-11,18H,3-5,8-9H2,1-2H3. The average molecular weight is 337 g/mol. The third-order valence-corrected chi connectivity index (χ3v) is 3.68. The minimum Gasteiger partial charge on any atom is -0.441 e. The van der Waals surface area contributed by atoms with Crippen molar-refractivity contribution in [2.24, 2.45) is 0 Å². The van der Waals surface area contributed by atoms with Crippen molar-refractivity contribution in [2.45, 2.75) is 33.1 Å². The Kier molecular flexibility index (Phi) is 5.80. The molecule has 0 aliphatic carbocycles. The predicted octanol–water partition coefficient (Wildman–Crippen LogP) is 4.34. The molecule has 0 saturated heterocycles. The van der Waals surface area contributed by atoms with E-state index in [0.29, 0.717) is 0 Å². The van der Waals surface area contributed by atoms with E-state index in [9.17, 15) is 0 Å². The Hall–Kier alpha value is -1.13. The largest absolute Gasteiger partial charge is 0.441 e. The van der Waals surface area contributed by atoms with Crippen LogP contribution < -0.4 is 5.32 Å². The van der Waals surface area contributed by atoms with Gasteiger partial charge in [0.1, 0.15) is 0 Å². The van der Waals surface area contributed by atoms with E-state index in [1.165, 1.54) is 12.0 Å². The summed E-state index contributed by atoms with van der Waals surface area (Å²) in [4.78, 5) is 4.37. The van der Waals surface area contributed by atoms with E-state index < -0.39 is 0 Å². The van der Waals surface area contributed by atoms with Crippen LogP contribution in [-0.2, 0) is 6.42 Å². The van der Waals surface area contributed by atoms with Gasteiger partial charge >= 0.3 is 0 Å². The van der Waals surface area contributed by atoms with Crippen molar-refractivity contribution in [3.63, 3.8) is 0 Å². The van der Waals surface area contributed by atoms with Crippen LogP contribution in [0.2, 0.25) is 0 Å². The van der Waals surface area contributed by atoms with E-state index >= 15 is 0 Å². The highest BCUT2D eigenvalue weighted by Gasteiger charge is 2.09. The molecule has 0 atom stereocenters. The van der Waals surface area contributed by atoms with Crippen LogP contribution in [0.25, 0.3) is 11.3 Å². The molecular weight excluding hydrogens is 316 g/mol. The second-order valence-corrected chi connectivity index (χ2v) is 5.85. The Bertz CT molecular complexity index is 551. The molecule has 1 aromatic heterocycles. The minimum atomic E-state index is 0.817.